The van der Waals surface area contributed by atoms with Crippen molar-refractivity contribution < 1.29 is 9.59 Å². The molecule has 0 aromatic heterocycles. The Morgan fingerprint density at radius 3 is 1.53 bits per heavy atom. The van der Waals surface area contributed by atoms with Gasteiger partial charge in [-0.25, -0.2) is 0 Å². The van der Waals surface area contributed by atoms with E-state index in [1.165, 1.54) is 45.8 Å². The summed E-state index contributed by atoms with van der Waals surface area (Å²) in [4.78, 5) is 24.0. The van der Waals surface area contributed by atoms with E-state index in [1.54, 1.807) is 13.8 Å². The summed E-state index contributed by atoms with van der Waals surface area (Å²) in [6, 6.07) is 17.6. The summed E-state index contributed by atoms with van der Waals surface area (Å²) in [6.45, 7) is 11.1. The van der Waals surface area contributed by atoms with Crippen LogP contribution in [0.2, 0.25) is 0 Å². The van der Waals surface area contributed by atoms with Crippen LogP contribution in [0.1, 0.15) is 34.1 Å². The second-order valence-corrected chi connectivity index (χ2v) is 16.5. The fourth-order valence-electron chi connectivity index (χ4n) is 3.88. The van der Waals surface area contributed by atoms with Gasteiger partial charge in [0.05, 0.1) is 9.16 Å². The Balaban J connectivity index is 1.48. The summed E-state index contributed by atoms with van der Waals surface area (Å²) in [6.07, 6.45) is 0. The van der Waals surface area contributed by atoms with Crippen LogP contribution in [0.25, 0.3) is 11.1 Å². The van der Waals surface area contributed by atoms with Crippen LogP contribution in [0.4, 0.5) is 0 Å². The third kappa shape index (κ3) is 7.26. The summed E-state index contributed by atoms with van der Waals surface area (Å²) in [5.74, 6) is 3.78. The van der Waals surface area contributed by atoms with Gasteiger partial charge in [0.2, 0.25) is 10.2 Å². The fraction of sp³-hybridized carbons (Fsp3) is 0.357. The lowest BCUT2D eigenvalue weighted by Gasteiger charge is -2.20. The molecule has 0 spiro atoms. The first-order valence-corrected chi connectivity index (χ1v) is 17.7. The fourth-order valence-corrected chi connectivity index (χ4v) is 12.9. The summed E-state index contributed by atoms with van der Waals surface area (Å²) in [7, 11) is 0. The molecule has 2 aliphatic heterocycles. The third-order valence-corrected chi connectivity index (χ3v) is 15.1. The van der Waals surface area contributed by atoms with Gasteiger partial charge in [-0.2, -0.15) is 0 Å². The van der Waals surface area contributed by atoms with Crippen molar-refractivity contribution in [2.24, 2.45) is 0 Å². The van der Waals surface area contributed by atoms with E-state index < -0.39 is 0 Å². The number of hydrogen-bond donors (Lipinski definition) is 0. The summed E-state index contributed by atoms with van der Waals surface area (Å²) >= 11 is 10.7. The van der Waals surface area contributed by atoms with Crippen LogP contribution in [0.15, 0.2) is 72.8 Å². The van der Waals surface area contributed by atoms with Crippen molar-refractivity contribution in [3.05, 3.63) is 84.0 Å². The van der Waals surface area contributed by atoms with Gasteiger partial charge in [0.25, 0.3) is 0 Å². The van der Waals surface area contributed by atoms with Crippen LogP contribution in [0.5, 0.6) is 0 Å². The smallest absolute Gasteiger partial charge is 0.214 e. The quantitative estimate of drug-likeness (QED) is 0.268. The topological polar surface area (TPSA) is 34.1 Å². The van der Waals surface area contributed by atoms with Crippen LogP contribution in [0.3, 0.4) is 0 Å². The number of carbonyl (C=O) groups excluding carboxylic acids is 2. The highest BCUT2D eigenvalue weighted by Crippen LogP contribution is 2.55. The molecule has 0 N–H and O–H groups in total. The molecule has 36 heavy (non-hydrogen) atoms. The highest BCUT2D eigenvalue weighted by atomic mass is 32.2. The summed E-state index contributed by atoms with van der Waals surface area (Å²) in [5, 5.41) is 1.12. The average molecular weight is 591 g/mol. The molecule has 4 unspecified atom stereocenters. The van der Waals surface area contributed by atoms with E-state index in [4.69, 9.17) is 0 Å². The van der Waals surface area contributed by atoms with E-state index in [9.17, 15) is 9.59 Å². The third-order valence-electron chi connectivity index (χ3n) is 5.72. The van der Waals surface area contributed by atoms with Gasteiger partial charge in [0, 0.05) is 33.5 Å². The zero-order chi connectivity index (χ0) is 25.7. The van der Waals surface area contributed by atoms with Gasteiger partial charge in [0.1, 0.15) is 0 Å². The maximum Gasteiger partial charge on any atom is 0.214 e. The summed E-state index contributed by atoms with van der Waals surface area (Å²) < 4.78 is 0.724. The highest BCUT2D eigenvalue weighted by Gasteiger charge is 2.32. The maximum atomic E-state index is 12.0. The standard InChI is InChI=1S/C28H30O2S6/c1-17(2)25(29)31-13-19-15-33-27(35-19)23-11-7-5-9-21(23)22-10-6-8-12-24(22)28-34-16-20(36-28)14-32-26(30)18(3)4/h5-12,19-20,27-28H,1,3,13-16H2,2,4H3. The van der Waals surface area contributed by atoms with Crippen LogP contribution in [-0.4, -0.2) is 43.7 Å². The van der Waals surface area contributed by atoms with E-state index in [2.05, 4.69) is 61.7 Å². The van der Waals surface area contributed by atoms with E-state index >= 15 is 0 Å². The first-order chi connectivity index (χ1) is 17.3. The normalized spacial score (nSPS) is 23.5. The van der Waals surface area contributed by atoms with Crippen LogP contribution < -0.4 is 0 Å². The molecule has 2 fully saturated rings. The largest absolute Gasteiger partial charge is 0.282 e. The van der Waals surface area contributed by atoms with Crippen molar-refractivity contribution in [1.29, 1.82) is 0 Å². The van der Waals surface area contributed by atoms with Crippen LogP contribution in [-0.2, 0) is 9.59 Å². The second-order valence-electron chi connectivity index (χ2n) is 8.78. The Labute approximate surface area is 240 Å². The average Bonchev–Trinajstić information content (AvgIpc) is 3.55. The minimum Gasteiger partial charge on any atom is -0.282 e. The monoisotopic (exact) mass is 590 g/mol. The van der Waals surface area contributed by atoms with Crippen molar-refractivity contribution in [3.8, 4) is 11.1 Å². The maximum absolute atomic E-state index is 12.0. The first kappa shape index (κ1) is 28.4. The molecule has 0 saturated carbocycles. The van der Waals surface area contributed by atoms with Crippen molar-refractivity contribution in [1.82, 2.24) is 0 Å². The Bertz CT molecular complexity index is 1060. The van der Waals surface area contributed by atoms with E-state index in [1.807, 2.05) is 47.0 Å². The Hall–Kier alpha value is -0.640. The predicted octanol–water partition coefficient (Wildman–Crippen LogP) is 8.72. The molecule has 0 aliphatic carbocycles. The van der Waals surface area contributed by atoms with Crippen molar-refractivity contribution in [2.45, 2.75) is 33.5 Å². The molecule has 0 bridgehead atoms. The van der Waals surface area contributed by atoms with Crippen LogP contribution >= 0.6 is 70.6 Å². The molecule has 0 radical (unpaired) electrons. The van der Waals surface area contributed by atoms with Crippen molar-refractivity contribution in [2.75, 3.05) is 23.0 Å². The van der Waals surface area contributed by atoms with E-state index in [-0.39, 0.29) is 10.2 Å². The molecule has 2 aromatic rings. The van der Waals surface area contributed by atoms with Crippen LogP contribution in [0, 0.1) is 0 Å². The molecule has 2 saturated heterocycles. The first-order valence-electron chi connectivity index (χ1n) is 11.7. The van der Waals surface area contributed by atoms with Gasteiger partial charge >= 0.3 is 0 Å². The molecule has 2 aliphatic rings. The molecule has 4 atom stereocenters. The lowest BCUT2D eigenvalue weighted by atomic mass is 9.96. The second kappa shape index (κ2) is 13.4. The predicted molar refractivity (Wildman–Crippen MR) is 170 cm³/mol. The molecule has 4 rings (SSSR count). The number of thioether (sulfide) groups is 6. The molecule has 8 heteroatoms. The number of benzene rings is 2. The molecule has 2 nitrogen and oxygen atoms in total. The van der Waals surface area contributed by atoms with E-state index in [0.29, 0.717) is 30.8 Å². The highest BCUT2D eigenvalue weighted by molar-refractivity contribution is 8.21. The SMILES string of the molecule is C=C(C)C(=O)SCC1CSC(c2ccccc2-c2ccccc2C2SCC(CSC(=O)C(=C)C)S2)S1. The molecular formula is C28H30O2S6. The lowest BCUT2D eigenvalue weighted by molar-refractivity contribution is -0.108. The zero-order valence-electron chi connectivity index (χ0n) is 20.4. The molecule has 190 valence electrons. The van der Waals surface area contributed by atoms with Gasteiger partial charge in [0.15, 0.2) is 0 Å². The van der Waals surface area contributed by atoms with Crippen molar-refractivity contribution >= 4 is 80.8 Å². The number of rotatable bonds is 9. The van der Waals surface area contributed by atoms with E-state index in [0.717, 1.165) is 23.0 Å². The van der Waals surface area contributed by atoms with Gasteiger partial charge in [-0.3, -0.25) is 9.59 Å². The zero-order valence-corrected chi connectivity index (χ0v) is 25.3. The molecule has 2 heterocycles. The van der Waals surface area contributed by atoms with Gasteiger partial charge in [-0.15, -0.1) is 47.0 Å². The lowest BCUT2D eigenvalue weighted by Crippen LogP contribution is -2.07. The minimum absolute atomic E-state index is 0.102. The number of carbonyl (C=O) groups is 2. The molecule has 0 amide bonds. The van der Waals surface area contributed by atoms with Gasteiger partial charge in [-0.05, 0) is 47.2 Å². The van der Waals surface area contributed by atoms with Gasteiger partial charge in [-0.1, -0.05) is 85.2 Å². The van der Waals surface area contributed by atoms with Gasteiger partial charge < -0.3 is 0 Å². The Morgan fingerprint density at radius 2 is 1.14 bits per heavy atom. The molecule has 2 aromatic carbocycles. The Morgan fingerprint density at radius 1 is 0.750 bits per heavy atom. The minimum atomic E-state index is 0.102. The van der Waals surface area contributed by atoms with Crippen molar-refractivity contribution in [3.63, 3.8) is 0 Å². The Kier molecular flexibility index (Phi) is 10.6. The number of hydrogen-bond acceptors (Lipinski definition) is 8. The summed E-state index contributed by atoms with van der Waals surface area (Å²) in [5.41, 5.74) is 6.60. The molecular weight excluding hydrogens is 561 g/mol.